The number of aromatic amines is 1. The molecule has 2 rings (SSSR count). The fraction of sp³-hybridized carbons (Fsp3) is 0.750. The number of nitrogens with zero attached hydrogens (tertiary/aromatic N) is 1. The van der Waals surface area contributed by atoms with Crippen LogP contribution in [0, 0.1) is 0 Å². The zero-order chi connectivity index (χ0) is 10.5. The first kappa shape index (κ1) is 10.7. The van der Waals surface area contributed by atoms with E-state index >= 15 is 0 Å². The molecule has 0 atom stereocenters. The summed E-state index contributed by atoms with van der Waals surface area (Å²) in [5.41, 5.74) is 7.98. The van der Waals surface area contributed by atoms with Gasteiger partial charge in [-0.1, -0.05) is 25.7 Å². The van der Waals surface area contributed by atoms with Crippen molar-refractivity contribution in [1.82, 2.24) is 10.2 Å². The molecule has 0 unspecified atom stereocenters. The highest BCUT2D eigenvalue weighted by molar-refractivity contribution is 5.13. The zero-order valence-corrected chi connectivity index (χ0v) is 9.34. The third-order valence-corrected chi connectivity index (χ3v) is 3.34. The lowest BCUT2D eigenvalue weighted by Crippen LogP contribution is -2.02. The largest absolute Gasteiger partial charge is 0.330 e. The second-order valence-electron chi connectivity index (χ2n) is 4.55. The lowest BCUT2D eigenvalue weighted by Gasteiger charge is -2.09. The van der Waals surface area contributed by atoms with Gasteiger partial charge in [0.05, 0.1) is 5.69 Å². The molecule has 0 saturated heterocycles. The Hall–Kier alpha value is -0.830. The summed E-state index contributed by atoms with van der Waals surface area (Å²) in [4.78, 5) is 0. The molecule has 3 heteroatoms. The van der Waals surface area contributed by atoms with Gasteiger partial charge in [-0.25, -0.2) is 0 Å². The molecule has 1 aromatic rings. The Morgan fingerprint density at radius 2 is 2.00 bits per heavy atom. The highest BCUT2D eigenvalue weighted by atomic mass is 15.1. The average Bonchev–Trinajstić information content (AvgIpc) is 2.53. The molecule has 84 valence electrons. The first-order chi connectivity index (χ1) is 7.40. The van der Waals surface area contributed by atoms with Crippen molar-refractivity contribution in [2.45, 2.75) is 50.9 Å². The van der Waals surface area contributed by atoms with E-state index in [2.05, 4.69) is 16.3 Å². The number of hydrogen-bond donors (Lipinski definition) is 2. The molecular weight excluding hydrogens is 186 g/mol. The van der Waals surface area contributed by atoms with Gasteiger partial charge in [-0.05, 0) is 25.5 Å². The van der Waals surface area contributed by atoms with Gasteiger partial charge in [0.1, 0.15) is 0 Å². The first-order valence-corrected chi connectivity index (χ1v) is 6.14. The van der Waals surface area contributed by atoms with Crippen LogP contribution in [0.4, 0.5) is 0 Å². The zero-order valence-electron chi connectivity index (χ0n) is 9.34. The molecule has 1 saturated carbocycles. The molecule has 1 heterocycles. The molecule has 0 aromatic carbocycles. The van der Waals surface area contributed by atoms with Crippen LogP contribution in [0.1, 0.15) is 55.8 Å². The predicted molar refractivity (Wildman–Crippen MR) is 61.8 cm³/mol. The maximum atomic E-state index is 5.53. The molecule has 3 nitrogen and oxygen atoms in total. The van der Waals surface area contributed by atoms with Gasteiger partial charge in [-0.15, -0.1) is 0 Å². The molecule has 0 radical (unpaired) electrons. The fourth-order valence-corrected chi connectivity index (χ4v) is 2.45. The van der Waals surface area contributed by atoms with E-state index in [1.165, 1.54) is 49.9 Å². The topological polar surface area (TPSA) is 54.7 Å². The smallest absolute Gasteiger partial charge is 0.0655 e. The van der Waals surface area contributed by atoms with Crippen LogP contribution < -0.4 is 5.73 Å². The molecule has 1 aliphatic rings. The molecule has 1 aromatic heterocycles. The van der Waals surface area contributed by atoms with Crippen LogP contribution in [0.2, 0.25) is 0 Å². The highest BCUT2D eigenvalue weighted by Gasteiger charge is 2.16. The predicted octanol–water partition coefficient (Wildman–Crippen LogP) is 2.35. The lowest BCUT2D eigenvalue weighted by atomic mass is 9.96. The van der Waals surface area contributed by atoms with Crippen molar-refractivity contribution in [3.63, 3.8) is 0 Å². The standard InChI is InChI=1S/C12H21N3/c13-8-7-11-9-12(15-14-11)10-5-3-1-2-4-6-10/h9-10H,1-8,13H2,(H,14,15). The van der Waals surface area contributed by atoms with Gasteiger partial charge in [-0.2, -0.15) is 5.10 Å². The Labute approximate surface area is 91.4 Å². The van der Waals surface area contributed by atoms with Crippen LogP contribution in [-0.4, -0.2) is 16.7 Å². The summed E-state index contributed by atoms with van der Waals surface area (Å²) in [5.74, 6) is 0.690. The van der Waals surface area contributed by atoms with Gasteiger partial charge in [0.2, 0.25) is 0 Å². The van der Waals surface area contributed by atoms with Gasteiger partial charge >= 0.3 is 0 Å². The van der Waals surface area contributed by atoms with E-state index in [1.54, 1.807) is 0 Å². The number of nitrogens with one attached hydrogen (secondary N) is 1. The highest BCUT2D eigenvalue weighted by Crippen LogP contribution is 2.30. The molecule has 0 amide bonds. The van der Waals surface area contributed by atoms with E-state index in [0.29, 0.717) is 12.5 Å². The Kier molecular flexibility index (Phi) is 3.78. The normalized spacial score (nSPS) is 19.0. The van der Waals surface area contributed by atoms with E-state index in [1.807, 2.05) is 0 Å². The summed E-state index contributed by atoms with van der Waals surface area (Å²) in [6.07, 6.45) is 9.07. The maximum Gasteiger partial charge on any atom is 0.0655 e. The summed E-state index contributed by atoms with van der Waals surface area (Å²) >= 11 is 0. The molecule has 1 fully saturated rings. The minimum Gasteiger partial charge on any atom is -0.330 e. The van der Waals surface area contributed by atoms with E-state index in [0.717, 1.165) is 6.42 Å². The van der Waals surface area contributed by atoms with Crippen molar-refractivity contribution < 1.29 is 0 Å². The molecule has 1 aliphatic carbocycles. The molecule has 0 bridgehead atoms. The Morgan fingerprint density at radius 3 is 2.67 bits per heavy atom. The summed E-state index contributed by atoms with van der Waals surface area (Å²) < 4.78 is 0. The van der Waals surface area contributed by atoms with Crippen molar-refractivity contribution in [1.29, 1.82) is 0 Å². The second-order valence-corrected chi connectivity index (χ2v) is 4.55. The maximum absolute atomic E-state index is 5.53. The number of aromatic nitrogens is 2. The van der Waals surface area contributed by atoms with Crippen LogP contribution in [0.5, 0.6) is 0 Å². The fourth-order valence-electron chi connectivity index (χ4n) is 2.45. The van der Waals surface area contributed by atoms with Gasteiger partial charge in [-0.3, -0.25) is 5.10 Å². The van der Waals surface area contributed by atoms with Gasteiger partial charge in [0, 0.05) is 18.0 Å². The molecule has 15 heavy (non-hydrogen) atoms. The van der Waals surface area contributed by atoms with E-state index in [4.69, 9.17) is 5.73 Å². The number of nitrogens with two attached hydrogens (primary N) is 1. The number of H-pyrrole nitrogens is 1. The van der Waals surface area contributed by atoms with Crippen LogP contribution in [-0.2, 0) is 6.42 Å². The summed E-state index contributed by atoms with van der Waals surface area (Å²) in [7, 11) is 0. The third kappa shape index (κ3) is 2.81. The van der Waals surface area contributed by atoms with Crippen molar-refractivity contribution in [2.24, 2.45) is 5.73 Å². The average molecular weight is 207 g/mol. The van der Waals surface area contributed by atoms with Gasteiger partial charge in [0.25, 0.3) is 0 Å². The lowest BCUT2D eigenvalue weighted by molar-refractivity contribution is 0.576. The summed E-state index contributed by atoms with van der Waals surface area (Å²) in [5, 5.41) is 7.51. The van der Waals surface area contributed by atoms with Crippen molar-refractivity contribution in [3.8, 4) is 0 Å². The first-order valence-electron chi connectivity index (χ1n) is 6.14. The van der Waals surface area contributed by atoms with E-state index in [-0.39, 0.29) is 0 Å². The SMILES string of the molecule is NCCc1cc(C2CCCCCC2)n[nH]1. The van der Waals surface area contributed by atoms with Crippen molar-refractivity contribution in [3.05, 3.63) is 17.5 Å². The van der Waals surface area contributed by atoms with Crippen LogP contribution >= 0.6 is 0 Å². The van der Waals surface area contributed by atoms with E-state index in [9.17, 15) is 0 Å². The van der Waals surface area contributed by atoms with E-state index < -0.39 is 0 Å². The quantitative estimate of drug-likeness (QED) is 0.747. The molecular formula is C12H21N3. The van der Waals surface area contributed by atoms with Crippen molar-refractivity contribution in [2.75, 3.05) is 6.54 Å². The van der Waals surface area contributed by atoms with Gasteiger partial charge < -0.3 is 5.73 Å². The van der Waals surface area contributed by atoms with Crippen molar-refractivity contribution >= 4 is 0 Å². The minimum atomic E-state index is 0.690. The van der Waals surface area contributed by atoms with Gasteiger partial charge in [0.15, 0.2) is 0 Å². The Bertz CT molecular complexity index is 285. The third-order valence-electron chi connectivity index (χ3n) is 3.34. The van der Waals surface area contributed by atoms with Crippen LogP contribution in [0.25, 0.3) is 0 Å². The summed E-state index contributed by atoms with van der Waals surface area (Å²) in [6, 6.07) is 2.21. The number of rotatable bonds is 3. The van der Waals surface area contributed by atoms with Crippen LogP contribution in [0.15, 0.2) is 6.07 Å². The minimum absolute atomic E-state index is 0.690. The summed E-state index contributed by atoms with van der Waals surface area (Å²) in [6.45, 7) is 0.701. The molecule has 0 aliphatic heterocycles. The molecule has 0 spiro atoms. The van der Waals surface area contributed by atoms with Crippen LogP contribution in [0.3, 0.4) is 0 Å². The monoisotopic (exact) mass is 207 g/mol. The number of hydrogen-bond acceptors (Lipinski definition) is 2. The Balaban J connectivity index is 2.00. The Morgan fingerprint density at radius 1 is 1.27 bits per heavy atom. The second kappa shape index (κ2) is 5.31. The molecule has 3 N–H and O–H groups in total.